The van der Waals surface area contributed by atoms with Gasteiger partial charge in [-0.1, -0.05) is 18.2 Å². The van der Waals surface area contributed by atoms with Crippen LogP contribution < -0.4 is 5.73 Å². The summed E-state index contributed by atoms with van der Waals surface area (Å²) in [5, 5.41) is 0. The Labute approximate surface area is 102 Å². The van der Waals surface area contributed by atoms with Crippen LogP contribution in [0.4, 0.5) is 10.1 Å². The zero-order chi connectivity index (χ0) is 12.3. The van der Waals surface area contributed by atoms with Crippen LogP contribution in [0.3, 0.4) is 0 Å². The van der Waals surface area contributed by atoms with E-state index in [1.165, 1.54) is 24.3 Å². The second-order valence-electron chi connectivity index (χ2n) is 3.64. The molecule has 4 heteroatoms. The topological polar surface area (TPSA) is 43.1 Å². The highest BCUT2D eigenvalue weighted by Crippen LogP contribution is 2.17. The van der Waals surface area contributed by atoms with Crippen molar-refractivity contribution in [2.75, 3.05) is 5.73 Å². The molecule has 88 valence electrons. The molecule has 0 radical (unpaired) electrons. The fourth-order valence-electron chi connectivity index (χ4n) is 1.48. The molecule has 0 aliphatic heterocycles. The number of nitrogen functional groups attached to an aromatic ring is 1. The Morgan fingerprint density at radius 3 is 2.35 bits per heavy atom. The zero-order valence-electron chi connectivity index (χ0n) is 9.10. The van der Waals surface area contributed by atoms with E-state index in [-0.39, 0.29) is 5.82 Å². The largest absolute Gasteiger partial charge is 0.398 e. The maximum absolute atomic E-state index is 12.7. The Bertz CT molecular complexity index is 539. The number of hydrogen-bond donors (Lipinski definition) is 1. The van der Waals surface area contributed by atoms with E-state index in [1.54, 1.807) is 6.07 Å². The summed E-state index contributed by atoms with van der Waals surface area (Å²) < 4.78 is 24.7. The molecule has 2 N–H and O–H groups in total. The third kappa shape index (κ3) is 2.91. The van der Waals surface area contributed by atoms with Crippen LogP contribution >= 0.6 is 0 Å². The number of para-hydroxylation sites is 1. The van der Waals surface area contributed by atoms with Gasteiger partial charge in [-0.25, -0.2) is 4.39 Å². The molecule has 0 saturated heterocycles. The van der Waals surface area contributed by atoms with Crippen LogP contribution in [0.2, 0.25) is 0 Å². The fourth-order valence-corrected chi connectivity index (χ4v) is 2.63. The van der Waals surface area contributed by atoms with E-state index in [9.17, 15) is 8.60 Å². The molecule has 0 aliphatic carbocycles. The highest BCUT2D eigenvalue weighted by molar-refractivity contribution is 7.84. The van der Waals surface area contributed by atoms with Gasteiger partial charge in [0, 0.05) is 10.6 Å². The quantitative estimate of drug-likeness (QED) is 0.850. The normalized spacial score (nSPS) is 12.3. The highest BCUT2D eigenvalue weighted by Gasteiger charge is 2.07. The molecule has 1 unspecified atom stereocenters. The minimum atomic E-state index is -1.20. The van der Waals surface area contributed by atoms with E-state index in [0.29, 0.717) is 16.3 Å². The van der Waals surface area contributed by atoms with Crippen molar-refractivity contribution in [3.63, 3.8) is 0 Å². The van der Waals surface area contributed by atoms with Gasteiger partial charge in [0.15, 0.2) is 0 Å². The van der Waals surface area contributed by atoms with Gasteiger partial charge in [0.2, 0.25) is 0 Å². The Hall–Kier alpha value is -1.68. The lowest BCUT2D eigenvalue weighted by molar-refractivity contribution is 0.626. The van der Waals surface area contributed by atoms with Crippen LogP contribution in [0.15, 0.2) is 53.4 Å². The summed E-state index contributed by atoms with van der Waals surface area (Å²) in [6.07, 6.45) is 0. The van der Waals surface area contributed by atoms with Gasteiger partial charge in [0.05, 0.1) is 16.6 Å². The van der Waals surface area contributed by atoms with E-state index in [2.05, 4.69) is 0 Å². The van der Waals surface area contributed by atoms with Gasteiger partial charge >= 0.3 is 0 Å². The summed E-state index contributed by atoms with van der Waals surface area (Å²) in [6, 6.07) is 13.0. The lowest BCUT2D eigenvalue weighted by Crippen LogP contribution is -2.00. The number of nitrogens with two attached hydrogens (primary N) is 1. The van der Waals surface area contributed by atoms with Crippen molar-refractivity contribution in [3.8, 4) is 0 Å². The first-order valence-electron chi connectivity index (χ1n) is 5.14. The van der Waals surface area contributed by atoms with Crippen LogP contribution in [0.1, 0.15) is 5.56 Å². The Kier molecular flexibility index (Phi) is 3.54. The minimum absolute atomic E-state index is 0.329. The summed E-state index contributed by atoms with van der Waals surface area (Å²) in [6.45, 7) is 0. The van der Waals surface area contributed by atoms with Gasteiger partial charge in [-0.15, -0.1) is 0 Å². The smallest absolute Gasteiger partial charge is 0.123 e. The molecule has 0 fully saturated rings. The van der Waals surface area contributed by atoms with Crippen molar-refractivity contribution in [1.29, 1.82) is 0 Å². The molecule has 1 atom stereocenters. The van der Waals surface area contributed by atoms with Crippen molar-refractivity contribution in [1.82, 2.24) is 0 Å². The van der Waals surface area contributed by atoms with Crippen molar-refractivity contribution < 1.29 is 8.60 Å². The number of benzene rings is 2. The van der Waals surface area contributed by atoms with Crippen molar-refractivity contribution in [2.45, 2.75) is 10.6 Å². The zero-order valence-corrected chi connectivity index (χ0v) is 9.91. The monoisotopic (exact) mass is 249 g/mol. The van der Waals surface area contributed by atoms with Crippen LogP contribution in [0.5, 0.6) is 0 Å². The SMILES string of the molecule is Nc1ccccc1CS(=O)c1ccc(F)cc1. The molecular formula is C13H12FNOS. The van der Waals surface area contributed by atoms with Crippen LogP contribution in [0, 0.1) is 5.82 Å². The van der Waals surface area contributed by atoms with Crippen molar-refractivity contribution in [2.24, 2.45) is 0 Å². The van der Waals surface area contributed by atoms with E-state index in [0.717, 1.165) is 5.56 Å². The highest BCUT2D eigenvalue weighted by atomic mass is 32.2. The second-order valence-corrected chi connectivity index (χ2v) is 5.09. The third-order valence-corrected chi connectivity index (χ3v) is 3.79. The average molecular weight is 249 g/mol. The number of anilines is 1. The molecule has 0 bridgehead atoms. The van der Waals surface area contributed by atoms with Gasteiger partial charge in [0.1, 0.15) is 5.82 Å². The molecule has 2 aromatic rings. The number of halogens is 1. The van der Waals surface area contributed by atoms with Gasteiger partial charge in [-0.2, -0.15) is 0 Å². The van der Waals surface area contributed by atoms with Gasteiger partial charge in [-0.05, 0) is 35.9 Å². The molecule has 0 amide bonds. The Balaban J connectivity index is 2.17. The number of rotatable bonds is 3. The molecule has 2 aromatic carbocycles. The van der Waals surface area contributed by atoms with Gasteiger partial charge in [-0.3, -0.25) is 4.21 Å². The summed E-state index contributed by atoms with van der Waals surface area (Å²) in [5.74, 6) is 0.0168. The molecule has 0 saturated carbocycles. The standard InChI is InChI=1S/C13H12FNOS/c14-11-5-7-12(8-6-11)17(16)9-10-3-1-2-4-13(10)15/h1-8H,9,15H2. The average Bonchev–Trinajstić information content (AvgIpc) is 2.33. The second kappa shape index (κ2) is 5.10. The van der Waals surface area contributed by atoms with Crippen molar-refractivity contribution >= 4 is 16.5 Å². The van der Waals surface area contributed by atoms with Gasteiger partial charge in [0.25, 0.3) is 0 Å². The lowest BCUT2D eigenvalue weighted by Gasteiger charge is -2.05. The van der Waals surface area contributed by atoms with Crippen LogP contribution in [0.25, 0.3) is 0 Å². The van der Waals surface area contributed by atoms with Crippen molar-refractivity contribution in [3.05, 3.63) is 59.9 Å². The molecule has 2 rings (SSSR count). The number of hydrogen-bond acceptors (Lipinski definition) is 2. The molecular weight excluding hydrogens is 237 g/mol. The molecule has 17 heavy (non-hydrogen) atoms. The molecule has 0 aliphatic rings. The Morgan fingerprint density at radius 1 is 1.06 bits per heavy atom. The van der Waals surface area contributed by atoms with Crippen LogP contribution in [-0.2, 0) is 16.6 Å². The van der Waals surface area contributed by atoms with E-state index in [1.807, 2.05) is 18.2 Å². The fraction of sp³-hybridized carbons (Fsp3) is 0.0769. The molecule has 0 spiro atoms. The molecule has 0 aromatic heterocycles. The van der Waals surface area contributed by atoms with Gasteiger partial charge < -0.3 is 5.73 Å². The predicted octanol–water partition coefficient (Wildman–Crippen LogP) is 2.72. The minimum Gasteiger partial charge on any atom is -0.398 e. The lowest BCUT2D eigenvalue weighted by atomic mass is 10.2. The summed E-state index contributed by atoms with van der Waals surface area (Å²) >= 11 is 0. The molecule has 0 heterocycles. The maximum Gasteiger partial charge on any atom is 0.123 e. The molecule has 2 nitrogen and oxygen atoms in total. The summed E-state index contributed by atoms with van der Waals surface area (Å²) in [5.41, 5.74) is 7.25. The predicted molar refractivity (Wildman–Crippen MR) is 67.4 cm³/mol. The summed E-state index contributed by atoms with van der Waals surface area (Å²) in [7, 11) is -1.20. The van der Waals surface area contributed by atoms with Crippen LogP contribution in [-0.4, -0.2) is 4.21 Å². The summed E-state index contributed by atoms with van der Waals surface area (Å²) in [4.78, 5) is 0.606. The first-order chi connectivity index (χ1) is 8.16. The van der Waals surface area contributed by atoms with E-state index < -0.39 is 10.8 Å². The van der Waals surface area contributed by atoms with E-state index in [4.69, 9.17) is 5.73 Å². The Morgan fingerprint density at radius 2 is 1.71 bits per heavy atom. The van der Waals surface area contributed by atoms with E-state index >= 15 is 0 Å². The first-order valence-corrected chi connectivity index (χ1v) is 6.46. The third-order valence-electron chi connectivity index (χ3n) is 2.42. The first kappa shape index (κ1) is 11.8. The maximum atomic E-state index is 12.7.